The maximum Gasteiger partial charge on any atom is 0.195 e. The van der Waals surface area contributed by atoms with Crippen LogP contribution in [0.5, 0.6) is 0 Å². The van der Waals surface area contributed by atoms with Crippen molar-refractivity contribution in [2.75, 3.05) is 31.1 Å². The number of aromatic amines is 1. The van der Waals surface area contributed by atoms with E-state index in [4.69, 9.17) is 5.11 Å². The monoisotopic (exact) mass is 442 g/mol. The van der Waals surface area contributed by atoms with Crippen LogP contribution in [0.2, 0.25) is 0 Å². The van der Waals surface area contributed by atoms with Crippen molar-refractivity contribution in [1.82, 2.24) is 10.3 Å². The number of ketones is 1. The third kappa shape index (κ3) is 3.43. The lowest BCUT2D eigenvalue weighted by molar-refractivity contribution is 0.103. The maximum absolute atomic E-state index is 13.7. The van der Waals surface area contributed by atoms with Gasteiger partial charge >= 0.3 is 0 Å². The van der Waals surface area contributed by atoms with Gasteiger partial charge in [0.1, 0.15) is 0 Å². The van der Waals surface area contributed by atoms with Crippen LogP contribution in [-0.4, -0.2) is 48.2 Å². The molecule has 2 aromatic carbocycles. The lowest BCUT2D eigenvalue weighted by Gasteiger charge is -2.38. The number of hydrogen-bond donors (Lipinski definition) is 3. The highest BCUT2D eigenvalue weighted by Gasteiger charge is 2.40. The van der Waals surface area contributed by atoms with Crippen LogP contribution in [0.15, 0.2) is 30.3 Å². The lowest BCUT2D eigenvalue weighted by atomic mass is 9.70. The minimum atomic E-state index is -0.367. The molecule has 6 heteroatoms. The third-order valence-corrected chi connectivity index (χ3v) is 7.41. The van der Waals surface area contributed by atoms with Crippen LogP contribution in [0, 0.1) is 18.3 Å². The number of carbonyl (C=O) groups is 1. The summed E-state index contributed by atoms with van der Waals surface area (Å²) < 4.78 is 0. The molecule has 1 fully saturated rings. The van der Waals surface area contributed by atoms with E-state index in [1.807, 2.05) is 12.1 Å². The van der Waals surface area contributed by atoms with Gasteiger partial charge in [0.2, 0.25) is 0 Å². The Morgan fingerprint density at radius 3 is 2.70 bits per heavy atom. The summed E-state index contributed by atoms with van der Waals surface area (Å²) in [5, 5.41) is 22.7. The Kier molecular flexibility index (Phi) is 5.27. The SMILES string of the molecule is Cc1cc2c(cc1N1CCC(NCCO)CC1)C(C)(C)c1[nH]c3cc(C#N)ccc3c1C2=O. The van der Waals surface area contributed by atoms with Gasteiger partial charge in [-0.2, -0.15) is 5.26 Å². The average molecular weight is 443 g/mol. The standard InChI is InChI=1S/C27H30N4O2/c1-16-12-20-21(14-23(16)31-9-6-18(7-10-31)29-8-11-32)27(2,3)26-24(25(20)33)19-5-4-17(15-28)13-22(19)30-26/h4-5,12-14,18,29-30,32H,6-11H2,1-3H3. The van der Waals surface area contributed by atoms with Gasteiger partial charge < -0.3 is 20.3 Å². The number of aliphatic hydroxyl groups is 1. The number of fused-ring (bicyclic) bond motifs is 4. The summed E-state index contributed by atoms with van der Waals surface area (Å²) in [6.07, 6.45) is 2.07. The zero-order valence-corrected chi connectivity index (χ0v) is 19.5. The van der Waals surface area contributed by atoms with Gasteiger partial charge in [0.25, 0.3) is 0 Å². The summed E-state index contributed by atoms with van der Waals surface area (Å²) >= 11 is 0. The maximum atomic E-state index is 13.7. The van der Waals surface area contributed by atoms with Crippen molar-refractivity contribution < 1.29 is 9.90 Å². The number of piperidine rings is 1. The smallest absolute Gasteiger partial charge is 0.195 e. The number of hydrogen-bond acceptors (Lipinski definition) is 5. The molecular formula is C27H30N4O2. The topological polar surface area (TPSA) is 92.2 Å². The van der Waals surface area contributed by atoms with Crippen LogP contribution in [-0.2, 0) is 5.41 Å². The summed E-state index contributed by atoms with van der Waals surface area (Å²) in [6.45, 7) is 9.14. The number of nitrogens with one attached hydrogen (secondary N) is 2. The second-order valence-corrected chi connectivity index (χ2v) is 9.82. The van der Waals surface area contributed by atoms with E-state index in [-0.39, 0.29) is 17.8 Å². The molecule has 0 unspecified atom stereocenters. The molecule has 33 heavy (non-hydrogen) atoms. The molecular weight excluding hydrogens is 412 g/mol. The number of nitriles is 1. The molecule has 1 aromatic heterocycles. The molecule has 2 aliphatic rings. The first kappa shape index (κ1) is 21.7. The van der Waals surface area contributed by atoms with E-state index in [9.17, 15) is 10.1 Å². The average Bonchev–Trinajstić information content (AvgIpc) is 3.21. The molecule has 1 aliphatic heterocycles. The van der Waals surface area contributed by atoms with Gasteiger partial charge in [-0.25, -0.2) is 0 Å². The van der Waals surface area contributed by atoms with Gasteiger partial charge in [-0.3, -0.25) is 4.79 Å². The largest absolute Gasteiger partial charge is 0.395 e. The number of anilines is 1. The van der Waals surface area contributed by atoms with Crippen molar-refractivity contribution in [3.8, 4) is 6.07 Å². The Morgan fingerprint density at radius 1 is 1.24 bits per heavy atom. The van der Waals surface area contributed by atoms with Gasteiger partial charge in [-0.1, -0.05) is 19.9 Å². The fraction of sp³-hybridized carbons (Fsp3) is 0.407. The van der Waals surface area contributed by atoms with Gasteiger partial charge in [0.15, 0.2) is 5.78 Å². The fourth-order valence-corrected chi connectivity index (χ4v) is 5.58. The summed E-state index contributed by atoms with van der Waals surface area (Å²) in [6, 6.07) is 12.4. The van der Waals surface area contributed by atoms with E-state index in [2.05, 4.69) is 54.2 Å². The van der Waals surface area contributed by atoms with Crippen molar-refractivity contribution in [1.29, 1.82) is 5.26 Å². The Bertz CT molecular complexity index is 1290. The summed E-state index contributed by atoms with van der Waals surface area (Å²) in [5.41, 5.74) is 6.85. The number of aryl methyl sites for hydroxylation is 1. The number of nitrogens with zero attached hydrogens (tertiary/aromatic N) is 2. The van der Waals surface area contributed by atoms with E-state index >= 15 is 0 Å². The fourth-order valence-electron chi connectivity index (χ4n) is 5.58. The highest BCUT2D eigenvalue weighted by Crippen LogP contribution is 2.45. The quantitative estimate of drug-likeness (QED) is 0.572. The Labute approximate surface area is 194 Å². The van der Waals surface area contributed by atoms with Crippen LogP contribution in [0.3, 0.4) is 0 Å². The predicted octanol–water partition coefficient (Wildman–Crippen LogP) is 3.77. The van der Waals surface area contributed by atoms with Crippen LogP contribution in [0.25, 0.3) is 10.9 Å². The number of carbonyl (C=O) groups excluding carboxylic acids is 1. The van der Waals surface area contributed by atoms with Crippen molar-refractivity contribution in [2.24, 2.45) is 0 Å². The first-order valence-corrected chi connectivity index (χ1v) is 11.7. The summed E-state index contributed by atoms with van der Waals surface area (Å²) in [7, 11) is 0. The highest BCUT2D eigenvalue weighted by atomic mass is 16.3. The zero-order chi connectivity index (χ0) is 23.3. The molecule has 1 aliphatic carbocycles. The number of aromatic nitrogens is 1. The van der Waals surface area contributed by atoms with Crippen molar-refractivity contribution in [3.63, 3.8) is 0 Å². The van der Waals surface area contributed by atoms with Crippen LogP contribution in [0.1, 0.15) is 65.0 Å². The van der Waals surface area contributed by atoms with E-state index < -0.39 is 0 Å². The Balaban J connectivity index is 1.54. The second kappa shape index (κ2) is 8.02. The Morgan fingerprint density at radius 2 is 2.00 bits per heavy atom. The van der Waals surface area contributed by atoms with Gasteiger partial charge in [-0.05, 0) is 55.2 Å². The van der Waals surface area contributed by atoms with Crippen LogP contribution >= 0.6 is 0 Å². The molecule has 1 saturated heterocycles. The molecule has 0 radical (unpaired) electrons. The highest BCUT2D eigenvalue weighted by molar-refractivity contribution is 6.20. The summed E-state index contributed by atoms with van der Waals surface area (Å²) in [5.74, 6) is 0.0526. The molecule has 0 spiro atoms. The number of aliphatic hydroxyl groups excluding tert-OH is 1. The van der Waals surface area contributed by atoms with E-state index in [1.54, 1.807) is 6.07 Å². The first-order valence-electron chi connectivity index (χ1n) is 11.7. The minimum absolute atomic E-state index is 0.0526. The van der Waals surface area contributed by atoms with Crippen molar-refractivity contribution >= 4 is 22.4 Å². The molecule has 0 amide bonds. The molecule has 5 rings (SSSR count). The lowest BCUT2D eigenvalue weighted by Crippen LogP contribution is -2.43. The zero-order valence-electron chi connectivity index (χ0n) is 19.5. The first-order chi connectivity index (χ1) is 15.8. The van der Waals surface area contributed by atoms with Gasteiger partial charge in [0, 0.05) is 58.9 Å². The van der Waals surface area contributed by atoms with E-state index in [0.29, 0.717) is 18.2 Å². The Hall–Kier alpha value is -3.14. The molecule has 0 atom stereocenters. The third-order valence-electron chi connectivity index (χ3n) is 7.41. The predicted molar refractivity (Wildman–Crippen MR) is 130 cm³/mol. The van der Waals surface area contributed by atoms with E-state index in [0.717, 1.165) is 64.8 Å². The molecule has 3 N–H and O–H groups in total. The summed E-state index contributed by atoms with van der Waals surface area (Å²) in [4.78, 5) is 19.6. The molecule has 0 saturated carbocycles. The number of rotatable bonds is 4. The number of H-pyrrole nitrogens is 1. The van der Waals surface area contributed by atoms with Crippen molar-refractivity contribution in [2.45, 2.75) is 45.1 Å². The second-order valence-electron chi connectivity index (χ2n) is 9.82. The van der Waals surface area contributed by atoms with Crippen LogP contribution in [0.4, 0.5) is 5.69 Å². The van der Waals surface area contributed by atoms with Crippen LogP contribution < -0.4 is 10.2 Å². The minimum Gasteiger partial charge on any atom is -0.395 e. The van der Waals surface area contributed by atoms with Gasteiger partial charge in [-0.15, -0.1) is 0 Å². The normalized spacial score (nSPS) is 17.7. The van der Waals surface area contributed by atoms with Crippen molar-refractivity contribution in [3.05, 3.63) is 63.8 Å². The molecule has 6 nitrogen and oxygen atoms in total. The van der Waals surface area contributed by atoms with E-state index in [1.165, 1.54) is 5.69 Å². The molecule has 2 heterocycles. The van der Waals surface area contributed by atoms with Gasteiger partial charge in [0.05, 0.1) is 23.8 Å². The molecule has 3 aromatic rings. The number of benzene rings is 2. The molecule has 0 bridgehead atoms. The molecule has 170 valence electrons.